The molecule has 1 aromatic heterocycles. The van der Waals surface area contributed by atoms with Crippen LogP contribution >= 0.6 is 22.9 Å². The van der Waals surface area contributed by atoms with Gasteiger partial charge in [0.15, 0.2) is 5.60 Å². The Morgan fingerprint density at radius 3 is 2.37 bits per heavy atom. The first-order chi connectivity index (χ1) is 13.9. The zero-order valence-electron chi connectivity index (χ0n) is 18.1. The highest BCUT2D eigenvalue weighted by molar-refractivity contribution is 7.17. The minimum absolute atomic E-state index is 0.187. The molecule has 3 N–H and O–H groups in total. The molecule has 162 valence electrons. The van der Waals surface area contributed by atoms with Gasteiger partial charge in [-0.15, -0.1) is 11.3 Å². The number of carbonyl (C=O) groups is 2. The van der Waals surface area contributed by atoms with Crippen LogP contribution in [0.25, 0.3) is 0 Å². The highest BCUT2D eigenvalue weighted by Crippen LogP contribution is 2.44. The fourth-order valence-electron chi connectivity index (χ4n) is 3.77. The van der Waals surface area contributed by atoms with Crippen LogP contribution in [0.2, 0.25) is 5.02 Å². The summed E-state index contributed by atoms with van der Waals surface area (Å²) in [6.45, 7) is 10.1. The minimum Gasteiger partial charge on any atom is -0.478 e. The number of ether oxygens (including phenoxy) is 1. The van der Waals surface area contributed by atoms with E-state index in [1.54, 1.807) is 38.1 Å². The van der Waals surface area contributed by atoms with Crippen LogP contribution in [-0.2, 0) is 17.6 Å². The summed E-state index contributed by atoms with van der Waals surface area (Å²) in [6, 6.07) is 6.83. The monoisotopic (exact) mass is 448 g/mol. The van der Waals surface area contributed by atoms with Gasteiger partial charge in [0.2, 0.25) is 0 Å². The Labute approximate surface area is 186 Å². The van der Waals surface area contributed by atoms with E-state index in [-0.39, 0.29) is 11.3 Å². The number of primary amides is 1. The van der Waals surface area contributed by atoms with Gasteiger partial charge in [0.1, 0.15) is 10.8 Å². The molecule has 1 aromatic carbocycles. The van der Waals surface area contributed by atoms with Gasteiger partial charge in [-0.05, 0) is 74.3 Å². The average Bonchev–Trinajstić information content (AvgIpc) is 2.99. The molecule has 1 aliphatic rings. The van der Waals surface area contributed by atoms with Gasteiger partial charge in [-0.3, -0.25) is 9.59 Å². The molecule has 0 saturated heterocycles. The van der Waals surface area contributed by atoms with E-state index >= 15 is 0 Å². The first-order valence-corrected chi connectivity index (χ1v) is 11.3. The second kappa shape index (κ2) is 8.23. The van der Waals surface area contributed by atoms with Gasteiger partial charge in [-0.1, -0.05) is 32.4 Å². The quantitative estimate of drug-likeness (QED) is 0.638. The number of rotatable bonds is 5. The van der Waals surface area contributed by atoms with Gasteiger partial charge in [-0.25, -0.2) is 0 Å². The van der Waals surface area contributed by atoms with Gasteiger partial charge < -0.3 is 15.8 Å². The molecule has 0 radical (unpaired) electrons. The predicted molar refractivity (Wildman–Crippen MR) is 123 cm³/mol. The fraction of sp³-hybridized carbons (Fsp3) is 0.478. The SMILES string of the molecule is CC(C)(Oc1ccc(Cl)cc1)C(=O)Nc1sc2c(c1C(N)=O)CCC(C(C)(C)C)C2. The molecule has 1 heterocycles. The lowest BCUT2D eigenvalue weighted by molar-refractivity contribution is -0.128. The minimum atomic E-state index is -1.15. The maximum absolute atomic E-state index is 13.0. The van der Waals surface area contributed by atoms with Gasteiger partial charge in [0.25, 0.3) is 11.8 Å². The Morgan fingerprint density at radius 2 is 1.80 bits per heavy atom. The molecule has 0 aliphatic heterocycles. The number of thiophene rings is 1. The van der Waals surface area contributed by atoms with Crippen LogP contribution < -0.4 is 15.8 Å². The third-order valence-electron chi connectivity index (χ3n) is 5.70. The number of nitrogens with two attached hydrogens (primary N) is 1. The number of amides is 2. The molecule has 2 amide bonds. The second-order valence-electron chi connectivity index (χ2n) is 9.40. The number of anilines is 1. The number of benzene rings is 1. The lowest BCUT2D eigenvalue weighted by Gasteiger charge is -2.33. The molecular weight excluding hydrogens is 420 g/mol. The molecule has 2 aromatic rings. The van der Waals surface area contributed by atoms with E-state index in [4.69, 9.17) is 22.1 Å². The Hall–Kier alpha value is -2.05. The van der Waals surface area contributed by atoms with E-state index < -0.39 is 11.5 Å². The summed E-state index contributed by atoms with van der Waals surface area (Å²) < 4.78 is 5.87. The van der Waals surface area contributed by atoms with E-state index in [1.807, 2.05) is 0 Å². The van der Waals surface area contributed by atoms with Gasteiger partial charge in [0, 0.05) is 9.90 Å². The smallest absolute Gasteiger partial charge is 0.268 e. The topological polar surface area (TPSA) is 81.4 Å². The molecule has 30 heavy (non-hydrogen) atoms. The highest BCUT2D eigenvalue weighted by atomic mass is 35.5. The molecule has 0 spiro atoms. The van der Waals surface area contributed by atoms with Crippen LogP contribution in [0, 0.1) is 11.3 Å². The van der Waals surface area contributed by atoms with E-state index in [0.29, 0.717) is 27.3 Å². The first-order valence-electron chi connectivity index (χ1n) is 10.1. The van der Waals surface area contributed by atoms with Crippen LogP contribution in [0.15, 0.2) is 24.3 Å². The maximum atomic E-state index is 13.0. The van der Waals surface area contributed by atoms with Crippen molar-refractivity contribution in [3.8, 4) is 5.75 Å². The maximum Gasteiger partial charge on any atom is 0.268 e. The first kappa shape index (κ1) is 22.6. The largest absolute Gasteiger partial charge is 0.478 e. The summed E-state index contributed by atoms with van der Waals surface area (Å²) in [5.41, 5.74) is 6.16. The molecule has 5 nitrogen and oxygen atoms in total. The summed E-state index contributed by atoms with van der Waals surface area (Å²) in [6.07, 6.45) is 2.70. The Balaban J connectivity index is 1.83. The van der Waals surface area contributed by atoms with Crippen molar-refractivity contribution in [3.63, 3.8) is 0 Å². The number of fused-ring (bicyclic) bond motifs is 1. The van der Waals surface area contributed by atoms with Crippen molar-refractivity contribution in [1.29, 1.82) is 0 Å². The summed E-state index contributed by atoms with van der Waals surface area (Å²) in [5, 5.41) is 4.01. The number of hydrogen-bond acceptors (Lipinski definition) is 4. The zero-order chi connectivity index (χ0) is 22.3. The van der Waals surface area contributed by atoms with E-state index in [2.05, 4.69) is 26.1 Å². The summed E-state index contributed by atoms with van der Waals surface area (Å²) >= 11 is 7.37. The number of carbonyl (C=O) groups excluding carboxylic acids is 2. The molecule has 0 bridgehead atoms. The van der Waals surface area contributed by atoms with Crippen molar-refractivity contribution < 1.29 is 14.3 Å². The predicted octanol–water partition coefficient (Wildman–Crippen LogP) is 5.45. The normalized spacial score (nSPS) is 16.7. The van der Waals surface area contributed by atoms with E-state index in [9.17, 15) is 9.59 Å². The van der Waals surface area contributed by atoms with Crippen LogP contribution in [-0.4, -0.2) is 17.4 Å². The number of nitrogens with one attached hydrogen (secondary N) is 1. The van der Waals surface area contributed by atoms with Gasteiger partial charge in [-0.2, -0.15) is 0 Å². The molecule has 0 fully saturated rings. The summed E-state index contributed by atoms with van der Waals surface area (Å²) in [4.78, 5) is 26.4. The molecule has 1 aliphatic carbocycles. The molecule has 0 saturated carbocycles. The van der Waals surface area contributed by atoms with Crippen molar-refractivity contribution in [2.24, 2.45) is 17.1 Å². The molecule has 7 heteroatoms. The second-order valence-corrected chi connectivity index (χ2v) is 10.9. The third-order valence-corrected chi connectivity index (χ3v) is 7.12. The molecule has 1 unspecified atom stereocenters. The standard InChI is InChI=1S/C23H29ClN2O3S/c1-22(2,3)13-6-11-16-17(12-13)30-20(18(16)19(25)27)26-21(28)23(4,5)29-15-9-7-14(24)8-10-15/h7-10,13H,6,11-12H2,1-5H3,(H2,25,27)(H,26,28). The van der Waals surface area contributed by atoms with E-state index in [1.165, 1.54) is 11.3 Å². The number of hydrogen-bond donors (Lipinski definition) is 2. The average molecular weight is 449 g/mol. The van der Waals surface area contributed by atoms with E-state index in [0.717, 1.165) is 29.7 Å². The molecular formula is C23H29ClN2O3S. The van der Waals surface area contributed by atoms with Gasteiger partial charge >= 0.3 is 0 Å². The highest BCUT2D eigenvalue weighted by Gasteiger charge is 2.36. The Morgan fingerprint density at radius 1 is 1.17 bits per heavy atom. The Kier molecular flexibility index (Phi) is 6.21. The third kappa shape index (κ3) is 4.81. The lowest BCUT2D eigenvalue weighted by atomic mass is 9.72. The zero-order valence-corrected chi connectivity index (χ0v) is 19.7. The summed E-state index contributed by atoms with van der Waals surface area (Å²) in [7, 11) is 0. The van der Waals surface area contributed by atoms with Crippen molar-refractivity contribution in [1.82, 2.24) is 0 Å². The fourth-order valence-corrected chi connectivity index (χ4v) is 5.22. The van der Waals surface area contributed by atoms with Crippen molar-refractivity contribution in [3.05, 3.63) is 45.3 Å². The van der Waals surface area contributed by atoms with Crippen LogP contribution in [0.5, 0.6) is 5.75 Å². The molecule has 1 atom stereocenters. The van der Waals surface area contributed by atoms with Crippen LogP contribution in [0.1, 0.15) is 61.8 Å². The number of halogens is 1. The Bertz CT molecular complexity index is 958. The van der Waals surface area contributed by atoms with Crippen LogP contribution in [0.4, 0.5) is 5.00 Å². The van der Waals surface area contributed by atoms with Crippen LogP contribution in [0.3, 0.4) is 0 Å². The van der Waals surface area contributed by atoms with Crippen molar-refractivity contribution >= 4 is 39.8 Å². The van der Waals surface area contributed by atoms with Crippen molar-refractivity contribution in [2.45, 2.75) is 59.5 Å². The lowest BCUT2D eigenvalue weighted by Crippen LogP contribution is -2.42. The van der Waals surface area contributed by atoms with Gasteiger partial charge in [0.05, 0.1) is 5.56 Å². The molecule has 3 rings (SSSR count). The summed E-state index contributed by atoms with van der Waals surface area (Å²) in [5.74, 6) is 0.213. The van der Waals surface area contributed by atoms with Crippen molar-refractivity contribution in [2.75, 3.05) is 5.32 Å².